The third-order valence-electron chi connectivity index (χ3n) is 2.83. The number of rotatable bonds is 1. The van der Waals surface area contributed by atoms with Crippen molar-refractivity contribution in [3.8, 4) is 0 Å². The standard InChI is InChI=1S/C11H9ClN2OS/c12-8-3-1-2-7-9(8)13-11(16)14(10(7)15)6-4-5-6/h1-3,6H,4-5H2,(H,13,16). The average molecular weight is 253 g/mol. The maximum Gasteiger partial charge on any atom is 0.262 e. The quantitative estimate of drug-likeness (QED) is 0.792. The van der Waals surface area contributed by atoms with Crippen LogP contribution in [0.3, 0.4) is 0 Å². The largest absolute Gasteiger partial charge is 0.330 e. The van der Waals surface area contributed by atoms with Gasteiger partial charge >= 0.3 is 0 Å². The van der Waals surface area contributed by atoms with Crippen LogP contribution in [0.25, 0.3) is 10.9 Å². The van der Waals surface area contributed by atoms with E-state index in [1.54, 1.807) is 22.8 Å². The molecule has 0 unspecified atom stereocenters. The Hall–Kier alpha value is -1.13. The number of para-hydroxylation sites is 1. The second-order valence-corrected chi connectivity index (χ2v) is 4.79. The van der Waals surface area contributed by atoms with Crippen LogP contribution in [0.4, 0.5) is 0 Å². The zero-order valence-electron chi connectivity index (χ0n) is 8.37. The number of nitrogens with one attached hydrogen (secondary N) is 1. The third kappa shape index (κ3) is 1.41. The normalized spacial score (nSPS) is 15.6. The lowest BCUT2D eigenvalue weighted by Gasteiger charge is -2.06. The summed E-state index contributed by atoms with van der Waals surface area (Å²) in [6, 6.07) is 5.57. The topological polar surface area (TPSA) is 37.8 Å². The highest BCUT2D eigenvalue weighted by Crippen LogP contribution is 2.34. The number of halogens is 1. The van der Waals surface area contributed by atoms with E-state index in [0.717, 1.165) is 12.8 Å². The molecule has 0 aliphatic heterocycles. The van der Waals surface area contributed by atoms with E-state index in [1.807, 2.05) is 0 Å². The van der Waals surface area contributed by atoms with Gasteiger partial charge < -0.3 is 4.98 Å². The van der Waals surface area contributed by atoms with Gasteiger partial charge in [-0.3, -0.25) is 9.36 Å². The second-order valence-electron chi connectivity index (χ2n) is 4.00. The first-order valence-electron chi connectivity index (χ1n) is 5.11. The molecule has 82 valence electrons. The van der Waals surface area contributed by atoms with Gasteiger partial charge in [0.15, 0.2) is 4.77 Å². The Kier molecular flexibility index (Phi) is 2.16. The number of aromatic nitrogens is 2. The Morgan fingerprint density at radius 2 is 2.19 bits per heavy atom. The van der Waals surface area contributed by atoms with E-state index in [1.165, 1.54) is 0 Å². The second kappa shape index (κ2) is 3.43. The highest BCUT2D eigenvalue weighted by atomic mass is 35.5. The molecule has 1 fully saturated rings. The monoisotopic (exact) mass is 252 g/mol. The van der Waals surface area contributed by atoms with Crippen molar-refractivity contribution < 1.29 is 0 Å². The number of nitrogens with zero attached hydrogens (tertiary/aromatic N) is 1. The summed E-state index contributed by atoms with van der Waals surface area (Å²) in [6.07, 6.45) is 2.06. The molecule has 1 aliphatic rings. The molecule has 16 heavy (non-hydrogen) atoms. The molecule has 1 heterocycles. The van der Waals surface area contributed by atoms with Gasteiger partial charge in [0.05, 0.1) is 15.9 Å². The minimum absolute atomic E-state index is 0.0382. The molecule has 3 nitrogen and oxygen atoms in total. The number of H-pyrrole nitrogens is 1. The summed E-state index contributed by atoms with van der Waals surface area (Å²) in [5.41, 5.74) is 0.597. The lowest BCUT2D eigenvalue weighted by molar-refractivity contribution is 0.686. The Morgan fingerprint density at radius 1 is 1.44 bits per heavy atom. The molecule has 2 aromatic rings. The highest BCUT2D eigenvalue weighted by Gasteiger charge is 2.26. The zero-order chi connectivity index (χ0) is 11.3. The van der Waals surface area contributed by atoms with Gasteiger partial charge in [-0.2, -0.15) is 0 Å². The minimum atomic E-state index is -0.0382. The molecule has 1 saturated carbocycles. The van der Waals surface area contributed by atoms with Crippen LogP contribution < -0.4 is 5.56 Å². The first kappa shape index (κ1) is 10.1. The summed E-state index contributed by atoms with van der Waals surface area (Å²) < 4.78 is 2.13. The van der Waals surface area contributed by atoms with Gasteiger partial charge in [0, 0.05) is 6.04 Å². The molecule has 0 saturated heterocycles. The fourth-order valence-corrected chi connectivity index (χ4v) is 2.44. The smallest absolute Gasteiger partial charge is 0.262 e. The third-order valence-corrected chi connectivity index (χ3v) is 3.44. The lowest BCUT2D eigenvalue weighted by Crippen LogP contribution is -2.21. The number of fused-ring (bicyclic) bond motifs is 1. The summed E-state index contributed by atoms with van der Waals surface area (Å²) in [6.45, 7) is 0. The van der Waals surface area contributed by atoms with E-state index in [9.17, 15) is 4.79 Å². The Morgan fingerprint density at radius 3 is 2.88 bits per heavy atom. The average Bonchev–Trinajstić information content (AvgIpc) is 3.04. The fraction of sp³-hybridized carbons (Fsp3) is 0.273. The molecular formula is C11H9ClN2OS. The van der Waals surface area contributed by atoms with Crippen molar-refractivity contribution in [2.75, 3.05) is 0 Å². The van der Waals surface area contributed by atoms with E-state index < -0.39 is 0 Å². The van der Waals surface area contributed by atoms with Gasteiger partial charge in [0.25, 0.3) is 5.56 Å². The number of aromatic amines is 1. The van der Waals surface area contributed by atoms with Gasteiger partial charge in [-0.1, -0.05) is 17.7 Å². The van der Waals surface area contributed by atoms with Gasteiger partial charge in [-0.05, 0) is 37.2 Å². The fourth-order valence-electron chi connectivity index (χ4n) is 1.88. The van der Waals surface area contributed by atoms with E-state index in [4.69, 9.17) is 23.8 Å². The van der Waals surface area contributed by atoms with Crippen LogP contribution in [0.15, 0.2) is 23.0 Å². The van der Waals surface area contributed by atoms with Crippen LogP contribution in [-0.2, 0) is 0 Å². The summed E-state index contributed by atoms with van der Waals surface area (Å²) in [7, 11) is 0. The van der Waals surface area contributed by atoms with Crippen molar-refractivity contribution in [3.05, 3.63) is 38.3 Å². The van der Waals surface area contributed by atoms with Crippen LogP contribution in [0.5, 0.6) is 0 Å². The van der Waals surface area contributed by atoms with E-state index >= 15 is 0 Å². The van der Waals surface area contributed by atoms with E-state index in [0.29, 0.717) is 20.7 Å². The maximum atomic E-state index is 12.2. The molecule has 0 amide bonds. The number of benzene rings is 1. The van der Waals surface area contributed by atoms with Crippen molar-refractivity contribution in [1.82, 2.24) is 9.55 Å². The zero-order valence-corrected chi connectivity index (χ0v) is 9.94. The molecule has 1 aliphatic carbocycles. The van der Waals surface area contributed by atoms with Crippen molar-refractivity contribution in [2.45, 2.75) is 18.9 Å². The molecule has 0 bridgehead atoms. The highest BCUT2D eigenvalue weighted by molar-refractivity contribution is 7.71. The van der Waals surface area contributed by atoms with Crippen LogP contribution in [0.1, 0.15) is 18.9 Å². The van der Waals surface area contributed by atoms with Gasteiger partial charge in [0.2, 0.25) is 0 Å². The molecule has 0 radical (unpaired) electrons. The Bertz CT molecular complexity index is 684. The molecule has 1 aromatic carbocycles. The molecule has 1 N–H and O–H groups in total. The predicted octanol–water partition coefficient (Wildman–Crippen LogP) is 3.05. The predicted molar refractivity (Wildman–Crippen MR) is 66.7 cm³/mol. The van der Waals surface area contributed by atoms with Crippen molar-refractivity contribution in [2.24, 2.45) is 0 Å². The molecular weight excluding hydrogens is 244 g/mol. The van der Waals surface area contributed by atoms with Gasteiger partial charge in [-0.15, -0.1) is 0 Å². The molecule has 0 atom stereocenters. The van der Waals surface area contributed by atoms with Crippen molar-refractivity contribution in [1.29, 1.82) is 0 Å². The van der Waals surface area contributed by atoms with E-state index in [2.05, 4.69) is 4.98 Å². The number of hydrogen-bond acceptors (Lipinski definition) is 2. The number of hydrogen-bond donors (Lipinski definition) is 1. The van der Waals surface area contributed by atoms with Crippen LogP contribution in [0.2, 0.25) is 5.02 Å². The van der Waals surface area contributed by atoms with Crippen LogP contribution in [-0.4, -0.2) is 9.55 Å². The minimum Gasteiger partial charge on any atom is -0.330 e. The maximum absolute atomic E-state index is 12.2. The van der Waals surface area contributed by atoms with Crippen molar-refractivity contribution >= 4 is 34.7 Å². The van der Waals surface area contributed by atoms with Crippen molar-refractivity contribution in [3.63, 3.8) is 0 Å². The summed E-state index contributed by atoms with van der Waals surface area (Å²) >= 11 is 11.2. The molecule has 3 rings (SSSR count). The Labute approximate surface area is 102 Å². The SMILES string of the molecule is O=c1c2cccc(Cl)c2[nH]c(=S)n1C1CC1. The van der Waals surface area contributed by atoms with Crippen LogP contribution >= 0.6 is 23.8 Å². The summed E-state index contributed by atoms with van der Waals surface area (Å²) in [4.78, 5) is 15.2. The van der Waals surface area contributed by atoms with Gasteiger partial charge in [-0.25, -0.2) is 0 Å². The van der Waals surface area contributed by atoms with E-state index in [-0.39, 0.29) is 11.6 Å². The summed E-state index contributed by atoms with van der Waals surface area (Å²) in [5.74, 6) is 0. The molecule has 5 heteroatoms. The lowest BCUT2D eigenvalue weighted by atomic mass is 10.2. The summed E-state index contributed by atoms with van der Waals surface area (Å²) in [5, 5.41) is 1.14. The van der Waals surface area contributed by atoms with Crippen LogP contribution in [0, 0.1) is 4.77 Å². The first-order valence-corrected chi connectivity index (χ1v) is 5.90. The van der Waals surface area contributed by atoms with Gasteiger partial charge in [0.1, 0.15) is 0 Å². The Balaban J connectivity index is 2.48. The molecule has 0 spiro atoms. The first-order chi connectivity index (χ1) is 7.68. The molecule has 1 aromatic heterocycles.